The maximum Gasteiger partial charge on any atom is 0.328 e. The summed E-state index contributed by atoms with van der Waals surface area (Å²) in [6.45, 7) is 2.14. The van der Waals surface area contributed by atoms with Gasteiger partial charge >= 0.3 is 5.97 Å². The molecule has 0 aromatic rings. The first kappa shape index (κ1) is 19.1. The third-order valence-electron chi connectivity index (χ3n) is 2.82. The molecule has 0 saturated carbocycles. The Labute approximate surface area is 127 Å². The van der Waals surface area contributed by atoms with Gasteiger partial charge in [-0.3, -0.25) is 4.79 Å². The van der Waals surface area contributed by atoms with Crippen LogP contribution in [0.1, 0.15) is 51.9 Å². The molecule has 0 aliphatic rings. The predicted octanol–water partition coefficient (Wildman–Crippen LogP) is 4.62. The van der Waals surface area contributed by atoms with Crippen molar-refractivity contribution in [3.05, 3.63) is 48.6 Å². The molecule has 21 heavy (non-hydrogen) atoms. The lowest BCUT2D eigenvalue weighted by molar-refractivity contribution is -0.131. The number of carboxylic acid groups (broad SMARTS) is 1. The summed E-state index contributed by atoms with van der Waals surface area (Å²) in [5.41, 5.74) is 0. The van der Waals surface area contributed by atoms with Crippen molar-refractivity contribution in [2.45, 2.75) is 51.9 Å². The molecule has 3 nitrogen and oxygen atoms in total. The van der Waals surface area contributed by atoms with E-state index in [9.17, 15) is 9.59 Å². The van der Waals surface area contributed by atoms with Crippen LogP contribution in [0.2, 0.25) is 0 Å². The van der Waals surface area contributed by atoms with Gasteiger partial charge in [0.2, 0.25) is 0 Å². The zero-order valence-electron chi connectivity index (χ0n) is 12.8. The second kappa shape index (κ2) is 14.5. The zero-order chi connectivity index (χ0) is 15.8. The fourth-order valence-corrected chi connectivity index (χ4v) is 1.68. The van der Waals surface area contributed by atoms with Gasteiger partial charge in [-0.05, 0) is 19.3 Å². The number of allylic oxidation sites excluding steroid dienone is 7. The molecule has 0 aliphatic carbocycles. The van der Waals surface area contributed by atoms with E-state index in [0.29, 0.717) is 12.2 Å². The van der Waals surface area contributed by atoms with Gasteiger partial charge in [0, 0.05) is 18.9 Å². The molecule has 0 aliphatic heterocycles. The lowest BCUT2D eigenvalue weighted by atomic mass is 10.1. The number of unbranched alkanes of at least 4 members (excludes halogenated alkanes) is 3. The highest BCUT2D eigenvalue weighted by Gasteiger charge is 1.99. The lowest BCUT2D eigenvalue weighted by Gasteiger charge is -1.98. The largest absolute Gasteiger partial charge is 0.478 e. The van der Waals surface area contributed by atoms with Crippen molar-refractivity contribution in [3.8, 4) is 0 Å². The molecule has 0 atom stereocenters. The SMILES string of the molecule is CCCCCC(=O)CCCC=CC=CC=CC=CC(=O)O. The topological polar surface area (TPSA) is 54.4 Å². The van der Waals surface area contributed by atoms with E-state index in [1.54, 1.807) is 12.2 Å². The third kappa shape index (κ3) is 16.0. The van der Waals surface area contributed by atoms with Crippen LogP contribution in [-0.4, -0.2) is 16.9 Å². The number of rotatable bonds is 12. The number of carbonyl (C=O) groups excluding carboxylic acids is 1. The minimum Gasteiger partial charge on any atom is -0.478 e. The van der Waals surface area contributed by atoms with Crippen LogP contribution in [0, 0.1) is 0 Å². The Morgan fingerprint density at radius 3 is 2.14 bits per heavy atom. The predicted molar refractivity (Wildman–Crippen MR) is 87.2 cm³/mol. The summed E-state index contributed by atoms with van der Waals surface area (Å²) in [7, 11) is 0. The molecule has 116 valence electrons. The Balaban J connectivity index is 3.59. The fraction of sp³-hybridized carbons (Fsp3) is 0.444. The molecule has 1 N–H and O–H groups in total. The van der Waals surface area contributed by atoms with Crippen LogP contribution in [0.5, 0.6) is 0 Å². The summed E-state index contributed by atoms with van der Waals surface area (Å²) < 4.78 is 0. The molecule has 0 spiro atoms. The van der Waals surface area contributed by atoms with Crippen molar-refractivity contribution in [2.75, 3.05) is 0 Å². The van der Waals surface area contributed by atoms with Gasteiger partial charge in [-0.15, -0.1) is 0 Å². The quantitative estimate of drug-likeness (QED) is 0.324. The van der Waals surface area contributed by atoms with Gasteiger partial charge in [-0.2, -0.15) is 0 Å². The first-order valence-corrected chi connectivity index (χ1v) is 7.58. The number of Topliss-reactive ketones (excluding diaryl/α,β-unsaturated/α-hetero) is 1. The van der Waals surface area contributed by atoms with E-state index >= 15 is 0 Å². The van der Waals surface area contributed by atoms with Gasteiger partial charge in [0.05, 0.1) is 0 Å². The highest BCUT2D eigenvalue weighted by molar-refractivity contribution is 5.80. The van der Waals surface area contributed by atoms with Gasteiger partial charge in [0.15, 0.2) is 0 Å². The average Bonchev–Trinajstić information content (AvgIpc) is 2.44. The van der Waals surface area contributed by atoms with Crippen molar-refractivity contribution in [2.24, 2.45) is 0 Å². The minimum atomic E-state index is -0.951. The zero-order valence-corrected chi connectivity index (χ0v) is 12.8. The Bertz CT molecular complexity index is 401. The van der Waals surface area contributed by atoms with Crippen molar-refractivity contribution in [1.82, 2.24) is 0 Å². The van der Waals surface area contributed by atoms with Crippen molar-refractivity contribution >= 4 is 11.8 Å². The van der Waals surface area contributed by atoms with Crippen LogP contribution in [0.4, 0.5) is 0 Å². The number of ketones is 1. The van der Waals surface area contributed by atoms with Gasteiger partial charge in [0.1, 0.15) is 5.78 Å². The molecule has 0 unspecified atom stereocenters. The molecule has 0 fully saturated rings. The molecular formula is C18H26O3. The first-order valence-electron chi connectivity index (χ1n) is 7.58. The van der Waals surface area contributed by atoms with Crippen LogP contribution in [0.25, 0.3) is 0 Å². The summed E-state index contributed by atoms with van der Waals surface area (Å²) in [4.78, 5) is 21.7. The molecule has 0 rings (SSSR count). The summed E-state index contributed by atoms with van der Waals surface area (Å²) in [5, 5.41) is 8.36. The standard InChI is InChI=1S/C18H26O3/c1-2-3-11-14-17(19)15-12-9-7-5-4-6-8-10-13-16-18(20)21/h4-8,10,13,16H,2-3,9,11-12,14-15H2,1H3,(H,20,21). The fourth-order valence-electron chi connectivity index (χ4n) is 1.68. The maximum atomic E-state index is 11.5. The van der Waals surface area contributed by atoms with E-state index in [-0.39, 0.29) is 0 Å². The molecule has 0 aromatic heterocycles. The van der Waals surface area contributed by atoms with Crippen LogP contribution in [0.3, 0.4) is 0 Å². The van der Waals surface area contributed by atoms with Gasteiger partial charge in [-0.1, -0.05) is 62.3 Å². The number of hydrogen-bond acceptors (Lipinski definition) is 2. The molecule has 0 heterocycles. The highest BCUT2D eigenvalue weighted by atomic mass is 16.4. The number of aliphatic carboxylic acids is 1. The summed E-state index contributed by atoms with van der Waals surface area (Å²) >= 11 is 0. The molecule has 0 radical (unpaired) electrons. The molecule has 3 heteroatoms. The van der Waals surface area contributed by atoms with Crippen molar-refractivity contribution in [1.29, 1.82) is 0 Å². The molecule has 0 amide bonds. The second-order valence-corrected chi connectivity index (χ2v) is 4.78. The summed E-state index contributed by atoms with van der Waals surface area (Å²) in [6.07, 6.45) is 20.2. The summed E-state index contributed by atoms with van der Waals surface area (Å²) in [5.74, 6) is -0.576. The van der Waals surface area contributed by atoms with Crippen LogP contribution < -0.4 is 0 Å². The van der Waals surface area contributed by atoms with E-state index in [2.05, 4.69) is 6.92 Å². The van der Waals surface area contributed by atoms with E-state index < -0.39 is 5.97 Å². The Hall–Kier alpha value is -1.90. The number of carboxylic acids is 1. The Morgan fingerprint density at radius 2 is 1.48 bits per heavy atom. The van der Waals surface area contributed by atoms with Crippen molar-refractivity contribution < 1.29 is 14.7 Å². The Morgan fingerprint density at radius 1 is 0.857 bits per heavy atom. The maximum absolute atomic E-state index is 11.5. The molecule has 0 bridgehead atoms. The smallest absolute Gasteiger partial charge is 0.328 e. The second-order valence-electron chi connectivity index (χ2n) is 4.78. The van der Waals surface area contributed by atoms with E-state index in [4.69, 9.17) is 5.11 Å². The van der Waals surface area contributed by atoms with Gasteiger partial charge in [0.25, 0.3) is 0 Å². The Kier molecular flexibility index (Phi) is 13.2. The molecular weight excluding hydrogens is 264 g/mol. The highest BCUT2D eigenvalue weighted by Crippen LogP contribution is 2.05. The van der Waals surface area contributed by atoms with Crippen LogP contribution in [0.15, 0.2) is 48.6 Å². The summed E-state index contributed by atoms with van der Waals surface area (Å²) in [6, 6.07) is 0. The van der Waals surface area contributed by atoms with Gasteiger partial charge < -0.3 is 5.11 Å². The number of hydrogen-bond donors (Lipinski definition) is 1. The molecule has 0 saturated heterocycles. The van der Waals surface area contributed by atoms with E-state index in [1.165, 1.54) is 6.08 Å². The first-order chi connectivity index (χ1) is 10.2. The minimum absolute atomic E-state index is 0.376. The molecule has 0 aromatic carbocycles. The van der Waals surface area contributed by atoms with Crippen molar-refractivity contribution in [3.63, 3.8) is 0 Å². The number of carbonyl (C=O) groups is 2. The monoisotopic (exact) mass is 290 g/mol. The average molecular weight is 290 g/mol. The third-order valence-corrected chi connectivity index (χ3v) is 2.82. The van der Waals surface area contributed by atoms with Crippen LogP contribution >= 0.6 is 0 Å². The lowest BCUT2D eigenvalue weighted by Crippen LogP contribution is -1.96. The van der Waals surface area contributed by atoms with E-state index in [0.717, 1.165) is 44.6 Å². The van der Waals surface area contributed by atoms with Gasteiger partial charge in [-0.25, -0.2) is 4.79 Å². The van der Waals surface area contributed by atoms with E-state index in [1.807, 2.05) is 24.3 Å². The van der Waals surface area contributed by atoms with Crippen LogP contribution in [-0.2, 0) is 9.59 Å². The normalized spacial score (nSPS) is 12.2.